The Labute approximate surface area is 111 Å². The molecule has 0 bridgehead atoms. The molecule has 1 heterocycles. The van der Waals surface area contributed by atoms with E-state index in [1.165, 1.54) is 19.4 Å². The highest BCUT2D eigenvalue weighted by molar-refractivity contribution is 5.78. The number of carbonyl (C=O) groups is 1. The van der Waals surface area contributed by atoms with Crippen molar-refractivity contribution in [2.24, 2.45) is 11.8 Å². The molecule has 4 nitrogen and oxygen atoms in total. The normalized spacial score (nSPS) is 22.8. The van der Waals surface area contributed by atoms with Crippen molar-refractivity contribution in [3.63, 3.8) is 0 Å². The Morgan fingerprint density at radius 2 is 2.28 bits per heavy atom. The number of aliphatic hydroxyl groups is 1. The van der Waals surface area contributed by atoms with Crippen LogP contribution in [-0.2, 0) is 4.79 Å². The molecule has 2 atom stereocenters. The zero-order valence-electron chi connectivity index (χ0n) is 12.1. The molecular weight excluding hydrogens is 228 g/mol. The lowest BCUT2D eigenvalue weighted by molar-refractivity contribution is -0.135. The zero-order chi connectivity index (χ0) is 13.5. The molecule has 1 fully saturated rings. The number of carbonyl (C=O) groups excluding carboxylic acids is 1. The van der Waals surface area contributed by atoms with Crippen molar-refractivity contribution in [2.45, 2.75) is 32.6 Å². The largest absolute Gasteiger partial charge is 0.396 e. The average molecular weight is 256 g/mol. The Morgan fingerprint density at radius 3 is 2.83 bits per heavy atom. The molecule has 106 valence electrons. The smallest absolute Gasteiger partial charge is 0.227 e. The van der Waals surface area contributed by atoms with E-state index in [4.69, 9.17) is 5.11 Å². The lowest BCUT2D eigenvalue weighted by Gasteiger charge is -2.31. The van der Waals surface area contributed by atoms with Crippen LogP contribution in [0.25, 0.3) is 0 Å². The van der Waals surface area contributed by atoms with Crippen LogP contribution >= 0.6 is 0 Å². The molecule has 0 aromatic carbocycles. The third-order valence-corrected chi connectivity index (χ3v) is 4.03. The maximum Gasteiger partial charge on any atom is 0.227 e. The fourth-order valence-electron chi connectivity index (χ4n) is 2.69. The number of amides is 1. The van der Waals surface area contributed by atoms with Gasteiger partial charge in [-0.1, -0.05) is 6.92 Å². The van der Waals surface area contributed by atoms with Gasteiger partial charge in [-0.3, -0.25) is 4.79 Å². The van der Waals surface area contributed by atoms with Crippen LogP contribution in [0, 0.1) is 11.8 Å². The third kappa shape index (κ3) is 4.58. The molecule has 0 aromatic heterocycles. The van der Waals surface area contributed by atoms with Gasteiger partial charge in [-0.15, -0.1) is 0 Å². The molecule has 2 unspecified atom stereocenters. The highest BCUT2D eigenvalue weighted by atomic mass is 16.3. The van der Waals surface area contributed by atoms with E-state index in [2.05, 4.69) is 11.9 Å². The molecule has 1 rings (SSSR count). The van der Waals surface area contributed by atoms with Crippen LogP contribution in [0.4, 0.5) is 0 Å². The van der Waals surface area contributed by atoms with Crippen molar-refractivity contribution in [2.75, 3.05) is 40.3 Å². The molecular formula is C14H28N2O2. The first kappa shape index (κ1) is 15.4. The maximum absolute atomic E-state index is 12.0. The van der Waals surface area contributed by atoms with Gasteiger partial charge in [0.15, 0.2) is 0 Å². The summed E-state index contributed by atoms with van der Waals surface area (Å²) in [5, 5.41) is 9.14. The predicted octanol–water partition coefficient (Wildman–Crippen LogP) is 1.20. The summed E-state index contributed by atoms with van der Waals surface area (Å²) in [6.07, 6.45) is 4.34. The standard InChI is InChI=1S/C14H28N2O2/c1-4-13(11-17)14(18)16(3)9-7-12-6-5-8-15(2)10-12/h12-13,17H,4-11H2,1-3H3. The Bertz CT molecular complexity index is 254. The number of likely N-dealkylation sites (tertiary alicyclic amines) is 1. The SMILES string of the molecule is CCC(CO)C(=O)N(C)CCC1CCCN(C)C1. The van der Waals surface area contributed by atoms with Gasteiger partial charge in [-0.05, 0) is 45.2 Å². The summed E-state index contributed by atoms with van der Waals surface area (Å²) in [5.74, 6) is 0.585. The van der Waals surface area contributed by atoms with Crippen LogP contribution in [0.2, 0.25) is 0 Å². The summed E-state index contributed by atoms with van der Waals surface area (Å²) in [5.41, 5.74) is 0. The van der Waals surface area contributed by atoms with Gasteiger partial charge >= 0.3 is 0 Å². The highest BCUT2D eigenvalue weighted by Crippen LogP contribution is 2.19. The van der Waals surface area contributed by atoms with Crippen molar-refractivity contribution in [3.05, 3.63) is 0 Å². The van der Waals surface area contributed by atoms with E-state index in [0.29, 0.717) is 12.3 Å². The minimum Gasteiger partial charge on any atom is -0.396 e. The monoisotopic (exact) mass is 256 g/mol. The van der Waals surface area contributed by atoms with E-state index in [-0.39, 0.29) is 18.4 Å². The molecule has 1 amide bonds. The first-order valence-electron chi connectivity index (χ1n) is 7.12. The minimum absolute atomic E-state index is 0.0359. The average Bonchev–Trinajstić information content (AvgIpc) is 2.37. The Balaban J connectivity index is 2.31. The molecule has 1 aliphatic rings. The Kier molecular flexibility index (Phi) is 6.65. The first-order valence-corrected chi connectivity index (χ1v) is 7.12. The van der Waals surface area contributed by atoms with Gasteiger partial charge in [0.25, 0.3) is 0 Å². The van der Waals surface area contributed by atoms with Crippen molar-refractivity contribution in [3.8, 4) is 0 Å². The highest BCUT2D eigenvalue weighted by Gasteiger charge is 2.22. The topological polar surface area (TPSA) is 43.8 Å². The Morgan fingerprint density at radius 1 is 1.56 bits per heavy atom. The lowest BCUT2D eigenvalue weighted by atomic mass is 9.95. The van der Waals surface area contributed by atoms with Gasteiger partial charge in [-0.25, -0.2) is 0 Å². The summed E-state index contributed by atoms with van der Waals surface area (Å²) >= 11 is 0. The number of piperidine rings is 1. The molecule has 0 aliphatic carbocycles. The molecule has 18 heavy (non-hydrogen) atoms. The van der Waals surface area contributed by atoms with Crippen LogP contribution in [0.3, 0.4) is 0 Å². The second kappa shape index (κ2) is 7.74. The number of rotatable bonds is 6. The predicted molar refractivity (Wildman–Crippen MR) is 73.3 cm³/mol. The van der Waals surface area contributed by atoms with Crippen molar-refractivity contribution in [1.29, 1.82) is 0 Å². The second-order valence-electron chi connectivity index (χ2n) is 5.61. The molecule has 1 saturated heterocycles. The van der Waals surface area contributed by atoms with Crippen LogP contribution in [0.1, 0.15) is 32.6 Å². The van der Waals surface area contributed by atoms with Gasteiger partial charge in [0.2, 0.25) is 5.91 Å². The quantitative estimate of drug-likeness (QED) is 0.776. The van der Waals surface area contributed by atoms with Crippen LogP contribution in [0.15, 0.2) is 0 Å². The Hall–Kier alpha value is -0.610. The molecule has 0 radical (unpaired) electrons. The fraction of sp³-hybridized carbons (Fsp3) is 0.929. The molecule has 0 saturated carbocycles. The van der Waals surface area contributed by atoms with Crippen molar-refractivity contribution >= 4 is 5.91 Å². The number of nitrogens with zero attached hydrogens (tertiary/aromatic N) is 2. The zero-order valence-corrected chi connectivity index (χ0v) is 12.1. The van der Waals surface area contributed by atoms with Crippen molar-refractivity contribution < 1.29 is 9.90 Å². The van der Waals surface area contributed by atoms with E-state index in [9.17, 15) is 4.79 Å². The van der Waals surface area contributed by atoms with Gasteiger partial charge in [-0.2, -0.15) is 0 Å². The van der Waals surface area contributed by atoms with E-state index >= 15 is 0 Å². The van der Waals surface area contributed by atoms with Gasteiger partial charge in [0.1, 0.15) is 0 Å². The van der Waals surface area contributed by atoms with Crippen LogP contribution < -0.4 is 0 Å². The lowest BCUT2D eigenvalue weighted by Crippen LogP contribution is -2.38. The van der Waals surface area contributed by atoms with E-state index in [0.717, 1.165) is 19.5 Å². The fourth-order valence-corrected chi connectivity index (χ4v) is 2.69. The summed E-state index contributed by atoms with van der Waals surface area (Å²) < 4.78 is 0. The van der Waals surface area contributed by atoms with Gasteiger partial charge in [0.05, 0.1) is 12.5 Å². The van der Waals surface area contributed by atoms with Gasteiger partial charge < -0.3 is 14.9 Å². The number of aliphatic hydroxyl groups excluding tert-OH is 1. The third-order valence-electron chi connectivity index (χ3n) is 4.03. The molecule has 1 aliphatic heterocycles. The molecule has 4 heteroatoms. The first-order chi connectivity index (χ1) is 8.58. The number of hydrogen-bond acceptors (Lipinski definition) is 3. The maximum atomic E-state index is 12.0. The molecule has 0 spiro atoms. The van der Waals surface area contributed by atoms with E-state index < -0.39 is 0 Å². The summed E-state index contributed by atoms with van der Waals surface area (Å²) in [7, 11) is 4.02. The van der Waals surface area contributed by atoms with Crippen LogP contribution in [-0.4, -0.2) is 61.2 Å². The minimum atomic E-state index is -0.218. The van der Waals surface area contributed by atoms with Gasteiger partial charge in [0, 0.05) is 20.1 Å². The van der Waals surface area contributed by atoms with Crippen molar-refractivity contribution in [1.82, 2.24) is 9.80 Å². The summed E-state index contributed by atoms with van der Waals surface area (Å²) in [6.45, 7) is 5.08. The summed E-state index contributed by atoms with van der Waals surface area (Å²) in [4.78, 5) is 16.2. The van der Waals surface area contributed by atoms with Crippen LogP contribution in [0.5, 0.6) is 0 Å². The van der Waals surface area contributed by atoms with E-state index in [1.807, 2.05) is 14.0 Å². The number of hydrogen-bond donors (Lipinski definition) is 1. The van der Waals surface area contributed by atoms with E-state index in [1.54, 1.807) is 4.90 Å². The molecule has 1 N–H and O–H groups in total. The second-order valence-corrected chi connectivity index (χ2v) is 5.61. The molecule has 0 aromatic rings. The summed E-state index contributed by atoms with van der Waals surface area (Å²) in [6, 6.07) is 0.